The van der Waals surface area contributed by atoms with Crippen molar-refractivity contribution in [2.45, 2.75) is 0 Å². The maximum Gasteiger partial charge on any atom is 0.0562 e. The van der Waals surface area contributed by atoms with Gasteiger partial charge in [0.2, 0.25) is 0 Å². The van der Waals surface area contributed by atoms with E-state index in [1.165, 1.54) is 63.9 Å². The molecule has 0 saturated heterocycles. The predicted octanol–water partition coefficient (Wildman–Crippen LogP) is 13.4. The van der Waals surface area contributed by atoms with Crippen molar-refractivity contribution < 1.29 is 0 Å². The molecule has 8 aromatic carbocycles. The Bertz CT molecular complexity index is 2810. The Balaban J connectivity index is 1.28. The van der Waals surface area contributed by atoms with Gasteiger partial charge < -0.3 is 9.47 Å². The van der Waals surface area contributed by atoms with Crippen LogP contribution in [0.4, 0.5) is 17.1 Å². The number of aromatic nitrogens is 1. The third-order valence-electron chi connectivity index (χ3n) is 9.78. The van der Waals surface area contributed by atoms with Crippen molar-refractivity contribution >= 4 is 81.1 Å². The maximum absolute atomic E-state index is 2.47. The summed E-state index contributed by atoms with van der Waals surface area (Å²) in [7, 11) is 0. The highest BCUT2D eigenvalue weighted by molar-refractivity contribution is 7.26. The average molecular weight is 643 g/mol. The first-order chi connectivity index (χ1) is 24.3. The number of benzene rings is 8. The number of hydrogen-bond donors (Lipinski definition) is 0. The summed E-state index contributed by atoms with van der Waals surface area (Å²) in [6, 6.07) is 66.1. The van der Waals surface area contributed by atoms with E-state index < -0.39 is 0 Å². The minimum atomic E-state index is 1.12. The van der Waals surface area contributed by atoms with Crippen LogP contribution >= 0.6 is 11.3 Å². The molecule has 0 radical (unpaired) electrons. The van der Waals surface area contributed by atoms with Gasteiger partial charge in [-0.05, 0) is 77.2 Å². The lowest BCUT2D eigenvalue weighted by atomic mass is 10.00. The molecule has 2 aromatic heterocycles. The Hall–Kier alpha value is -6.16. The summed E-state index contributed by atoms with van der Waals surface area (Å²) in [5.74, 6) is 0. The molecule has 0 atom stereocenters. The second kappa shape index (κ2) is 11.2. The van der Waals surface area contributed by atoms with E-state index in [1.807, 2.05) is 11.3 Å². The van der Waals surface area contributed by atoms with Crippen molar-refractivity contribution in [2.75, 3.05) is 4.90 Å². The number of fused-ring (bicyclic) bond motifs is 8. The quantitative estimate of drug-likeness (QED) is 0.181. The van der Waals surface area contributed by atoms with E-state index in [0.29, 0.717) is 0 Å². The monoisotopic (exact) mass is 642 g/mol. The Kier molecular flexibility index (Phi) is 6.39. The SMILES string of the molecule is c1ccc(-c2ccc(N(c3cccc4c3ccc3sc5ccccc5c34)c3cccc4c3c3ccccc3n4-c3ccccc3)cc2)cc1. The molecule has 0 saturated carbocycles. The van der Waals surface area contributed by atoms with Gasteiger partial charge >= 0.3 is 0 Å². The molecule has 0 unspecified atom stereocenters. The smallest absolute Gasteiger partial charge is 0.0562 e. The molecule has 0 aliphatic carbocycles. The molecule has 3 heteroatoms. The lowest BCUT2D eigenvalue weighted by Crippen LogP contribution is -2.11. The van der Waals surface area contributed by atoms with Crippen molar-refractivity contribution in [3.8, 4) is 16.8 Å². The Morgan fingerprint density at radius 1 is 0.367 bits per heavy atom. The van der Waals surface area contributed by atoms with Crippen molar-refractivity contribution in [1.29, 1.82) is 0 Å². The standard InChI is InChI=1S/C46H30N2S/c1-3-13-31(14-4-1)32-25-27-34(28-26-32)48(39-21-11-19-36-35(39)29-30-44-45(36)38-18-8-10-24-43(38)49-44)42-23-12-22-41-46(42)37-17-7-9-20-40(37)47(41)33-15-5-2-6-16-33/h1-30H. The van der Waals surface area contributed by atoms with Crippen LogP contribution in [0, 0.1) is 0 Å². The fraction of sp³-hybridized carbons (Fsp3) is 0. The summed E-state index contributed by atoms with van der Waals surface area (Å²) in [5, 5.41) is 7.62. The van der Waals surface area contributed by atoms with E-state index in [4.69, 9.17) is 0 Å². The van der Waals surface area contributed by atoms with Crippen molar-refractivity contribution in [1.82, 2.24) is 4.57 Å². The topological polar surface area (TPSA) is 8.17 Å². The van der Waals surface area contributed by atoms with Crippen LogP contribution in [0.5, 0.6) is 0 Å². The molecule has 0 N–H and O–H groups in total. The molecule has 0 aliphatic rings. The zero-order valence-corrected chi connectivity index (χ0v) is 27.4. The second-order valence-corrected chi connectivity index (χ2v) is 13.6. The fourth-order valence-electron chi connectivity index (χ4n) is 7.64. The van der Waals surface area contributed by atoms with E-state index in [2.05, 4.69) is 191 Å². The van der Waals surface area contributed by atoms with Crippen molar-refractivity contribution in [2.24, 2.45) is 0 Å². The summed E-state index contributed by atoms with van der Waals surface area (Å²) in [6.45, 7) is 0. The van der Waals surface area contributed by atoms with E-state index in [0.717, 1.165) is 22.7 Å². The zero-order chi connectivity index (χ0) is 32.3. The highest BCUT2D eigenvalue weighted by Crippen LogP contribution is 2.47. The lowest BCUT2D eigenvalue weighted by Gasteiger charge is -2.28. The molecule has 10 aromatic rings. The van der Waals surface area contributed by atoms with Crippen LogP contribution in [0.2, 0.25) is 0 Å². The molecule has 10 rings (SSSR count). The van der Waals surface area contributed by atoms with Crippen LogP contribution in [-0.4, -0.2) is 4.57 Å². The van der Waals surface area contributed by atoms with Gasteiger partial charge in [0.25, 0.3) is 0 Å². The summed E-state index contributed by atoms with van der Waals surface area (Å²) < 4.78 is 5.04. The van der Waals surface area contributed by atoms with Gasteiger partial charge in [-0.15, -0.1) is 11.3 Å². The van der Waals surface area contributed by atoms with Crippen LogP contribution < -0.4 is 4.90 Å². The first-order valence-electron chi connectivity index (χ1n) is 16.7. The predicted molar refractivity (Wildman–Crippen MR) is 211 cm³/mol. The fourth-order valence-corrected chi connectivity index (χ4v) is 8.76. The highest BCUT2D eigenvalue weighted by atomic mass is 32.1. The third-order valence-corrected chi connectivity index (χ3v) is 10.9. The van der Waals surface area contributed by atoms with Gasteiger partial charge in [-0.2, -0.15) is 0 Å². The third kappa shape index (κ3) is 4.40. The van der Waals surface area contributed by atoms with Gasteiger partial charge in [0.1, 0.15) is 0 Å². The van der Waals surface area contributed by atoms with Crippen LogP contribution in [-0.2, 0) is 0 Å². The largest absolute Gasteiger partial charge is 0.309 e. The van der Waals surface area contributed by atoms with Crippen LogP contribution in [0.15, 0.2) is 182 Å². The van der Waals surface area contributed by atoms with E-state index in [1.54, 1.807) is 0 Å². The van der Waals surface area contributed by atoms with Gasteiger partial charge in [-0.25, -0.2) is 0 Å². The lowest BCUT2D eigenvalue weighted by molar-refractivity contribution is 1.18. The number of hydrogen-bond acceptors (Lipinski definition) is 2. The highest BCUT2D eigenvalue weighted by Gasteiger charge is 2.23. The van der Waals surface area contributed by atoms with Gasteiger partial charge in [0, 0.05) is 47.7 Å². The minimum Gasteiger partial charge on any atom is -0.309 e. The molecule has 2 heterocycles. The first kappa shape index (κ1) is 27.9. The van der Waals surface area contributed by atoms with E-state index >= 15 is 0 Å². The molecule has 0 bridgehead atoms. The van der Waals surface area contributed by atoms with Gasteiger partial charge in [0.15, 0.2) is 0 Å². The van der Waals surface area contributed by atoms with Gasteiger partial charge in [-0.3, -0.25) is 0 Å². The second-order valence-electron chi connectivity index (χ2n) is 12.5. The Labute approximate surface area is 288 Å². The summed E-state index contributed by atoms with van der Waals surface area (Å²) in [6.07, 6.45) is 0. The van der Waals surface area contributed by atoms with E-state index in [9.17, 15) is 0 Å². The Morgan fingerprint density at radius 2 is 1.00 bits per heavy atom. The molecule has 49 heavy (non-hydrogen) atoms. The number of nitrogens with zero attached hydrogens (tertiary/aromatic N) is 2. The average Bonchev–Trinajstić information content (AvgIpc) is 3.73. The number of thiophene rings is 1. The molecule has 0 amide bonds. The summed E-state index contributed by atoms with van der Waals surface area (Å²) in [4.78, 5) is 2.47. The van der Waals surface area contributed by atoms with Crippen molar-refractivity contribution in [3.05, 3.63) is 182 Å². The molecule has 230 valence electrons. The molecular weight excluding hydrogens is 613 g/mol. The molecule has 2 nitrogen and oxygen atoms in total. The number of rotatable bonds is 5. The van der Waals surface area contributed by atoms with Crippen molar-refractivity contribution in [3.63, 3.8) is 0 Å². The van der Waals surface area contributed by atoms with Crippen LogP contribution in [0.3, 0.4) is 0 Å². The molecule has 0 spiro atoms. The molecule has 0 aliphatic heterocycles. The van der Waals surface area contributed by atoms with Gasteiger partial charge in [-0.1, -0.05) is 121 Å². The van der Waals surface area contributed by atoms with Crippen LogP contribution in [0.25, 0.3) is 69.6 Å². The normalized spacial score (nSPS) is 11.7. The van der Waals surface area contributed by atoms with Gasteiger partial charge in [0.05, 0.1) is 22.4 Å². The van der Waals surface area contributed by atoms with E-state index in [-0.39, 0.29) is 0 Å². The molecular formula is C46H30N2S. The summed E-state index contributed by atoms with van der Waals surface area (Å²) >= 11 is 1.87. The molecule has 0 fully saturated rings. The minimum absolute atomic E-state index is 1.12. The van der Waals surface area contributed by atoms with Crippen LogP contribution in [0.1, 0.15) is 0 Å². The first-order valence-corrected chi connectivity index (χ1v) is 17.5. The summed E-state index contributed by atoms with van der Waals surface area (Å²) in [5.41, 5.74) is 9.37. The number of anilines is 3. The maximum atomic E-state index is 2.47. The Morgan fingerprint density at radius 3 is 1.84 bits per heavy atom. The number of para-hydroxylation sites is 2. The zero-order valence-electron chi connectivity index (χ0n) is 26.6.